The van der Waals surface area contributed by atoms with Crippen LogP contribution in [-0.2, 0) is 4.79 Å². The van der Waals surface area contributed by atoms with Gasteiger partial charge in [-0.15, -0.1) is 0 Å². The summed E-state index contributed by atoms with van der Waals surface area (Å²) in [6.07, 6.45) is 0.598. The molecule has 1 aromatic rings. The minimum Gasteiger partial charge on any atom is -0.396 e. The molecule has 0 saturated carbocycles. The van der Waals surface area contributed by atoms with Crippen molar-refractivity contribution in [2.24, 2.45) is 0 Å². The number of carbonyl (C=O) groups is 2. The van der Waals surface area contributed by atoms with Gasteiger partial charge in [0.1, 0.15) is 11.6 Å². The fourth-order valence-corrected chi connectivity index (χ4v) is 1.67. The van der Waals surface area contributed by atoms with Crippen LogP contribution in [0.1, 0.15) is 23.7 Å². The Balaban J connectivity index is 3.05. The van der Waals surface area contributed by atoms with Crippen LogP contribution in [-0.4, -0.2) is 36.9 Å². The van der Waals surface area contributed by atoms with Gasteiger partial charge in [0.15, 0.2) is 0 Å². The fourth-order valence-electron chi connectivity index (χ4n) is 1.67. The molecular weight excluding hydrogens is 268 g/mol. The average molecular weight is 285 g/mol. The number of anilines is 1. The van der Waals surface area contributed by atoms with Crippen molar-refractivity contribution in [2.45, 2.75) is 13.3 Å². The summed E-state index contributed by atoms with van der Waals surface area (Å²) in [7, 11) is 1.44. The molecular formula is C13H17F2N3O2. The molecule has 0 aliphatic heterocycles. The highest BCUT2D eigenvalue weighted by molar-refractivity contribution is 5.97. The van der Waals surface area contributed by atoms with E-state index in [1.165, 1.54) is 11.9 Å². The van der Waals surface area contributed by atoms with E-state index in [2.05, 4.69) is 5.32 Å². The van der Waals surface area contributed by atoms with Gasteiger partial charge in [0.2, 0.25) is 5.91 Å². The molecule has 3 N–H and O–H groups in total. The second-order valence-corrected chi connectivity index (χ2v) is 4.25. The minimum atomic E-state index is -1.00. The van der Waals surface area contributed by atoms with E-state index in [0.717, 1.165) is 6.07 Å². The quantitative estimate of drug-likeness (QED) is 0.797. The van der Waals surface area contributed by atoms with Crippen LogP contribution in [0.15, 0.2) is 12.1 Å². The van der Waals surface area contributed by atoms with E-state index in [0.29, 0.717) is 12.5 Å². The molecule has 2 amide bonds. The Morgan fingerprint density at radius 2 is 1.95 bits per heavy atom. The molecule has 0 aliphatic carbocycles. The molecule has 0 fully saturated rings. The molecule has 0 aromatic heterocycles. The van der Waals surface area contributed by atoms with Crippen molar-refractivity contribution in [3.8, 4) is 0 Å². The lowest BCUT2D eigenvalue weighted by Crippen LogP contribution is -2.40. The topological polar surface area (TPSA) is 75.4 Å². The second-order valence-electron chi connectivity index (χ2n) is 4.25. The summed E-state index contributed by atoms with van der Waals surface area (Å²) in [6.45, 7) is 1.91. The van der Waals surface area contributed by atoms with Crippen molar-refractivity contribution < 1.29 is 18.4 Å². The van der Waals surface area contributed by atoms with E-state index in [9.17, 15) is 18.4 Å². The Hall–Kier alpha value is -2.18. The first-order valence-electron chi connectivity index (χ1n) is 6.15. The molecule has 5 nitrogen and oxygen atoms in total. The molecule has 0 bridgehead atoms. The molecule has 1 aromatic carbocycles. The molecule has 7 heteroatoms. The van der Waals surface area contributed by atoms with Gasteiger partial charge in [-0.1, -0.05) is 6.92 Å². The summed E-state index contributed by atoms with van der Waals surface area (Å²) in [4.78, 5) is 24.7. The summed E-state index contributed by atoms with van der Waals surface area (Å²) in [5.74, 6) is -2.99. The van der Waals surface area contributed by atoms with Crippen LogP contribution in [0.3, 0.4) is 0 Å². The maximum atomic E-state index is 13.7. The monoisotopic (exact) mass is 285 g/mol. The molecule has 0 saturated heterocycles. The third-order valence-corrected chi connectivity index (χ3v) is 2.71. The highest BCUT2D eigenvalue weighted by atomic mass is 19.1. The van der Waals surface area contributed by atoms with Crippen LogP contribution in [0.4, 0.5) is 14.5 Å². The number of benzene rings is 1. The maximum Gasteiger partial charge on any atom is 0.257 e. The van der Waals surface area contributed by atoms with Gasteiger partial charge in [-0.05, 0) is 12.5 Å². The summed E-state index contributed by atoms with van der Waals surface area (Å²) in [5, 5.41) is 2.38. The van der Waals surface area contributed by atoms with Gasteiger partial charge in [0.05, 0.1) is 17.8 Å². The first kappa shape index (κ1) is 15.9. The molecule has 0 heterocycles. The number of nitrogens with two attached hydrogens (primary N) is 1. The summed E-state index contributed by atoms with van der Waals surface area (Å²) in [6, 6.07) is 1.51. The lowest BCUT2D eigenvalue weighted by atomic mass is 10.1. The molecule has 1 rings (SSSR count). The van der Waals surface area contributed by atoms with Gasteiger partial charge >= 0.3 is 0 Å². The van der Waals surface area contributed by atoms with Crippen LogP contribution < -0.4 is 11.1 Å². The Morgan fingerprint density at radius 3 is 2.50 bits per heavy atom. The molecule has 0 aliphatic rings. The van der Waals surface area contributed by atoms with Gasteiger partial charge < -0.3 is 16.0 Å². The SMILES string of the molecule is CCCN(CC(=O)NC)C(=O)c1cc(N)c(F)cc1F. The van der Waals surface area contributed by atoms with Crippen molar-refractivity contribution in [3.63, 3.8) is 0 Å². The molecule has 20 heavy (non-hydrogen) atoms. The molecule has 0 atom stereocenters. The van der Waals surface area contributed by atoms with Crippen LogP contribution in [0.5, 0.6) is 0 Å². The number of amides is 2. The van der Waals surface area contributed by atoms with Gasteiger partial charge in [0, 0.05) is 19.7 Å². The molecule has 110 valence electrons. The zero-order chi connectivity index (χ0) is 15.3. The largest absolute Gasteiger partial charge is 0.396 e. The van der Waals surface area contributed by atoms with E-state index in [-0.39, 0.29) is 30.2 Å². The highest BCUT2D eigenvalue weighted by Gasteiger charge is 2.22. The maximum absolute atomic E-state index is 13.7. The third-order valence-electron chi connectivity index (χ3n) is 2.71. The number of hydrogen-bond acceptors (Lipinski definition) is 3. The first-order valence-corrected chi connectivity index (χ1v) is 6.15. The van der Waals surface area contributed by atoms with Crippen molar-refractivity contribution in [1.29, 1.82) is 0 Å². The smallest absolute Gasteiger partial charge is 0.257 e. The van der Waals surface area contributed by atoms with Crippen LogP contribution in [0.2, 0.25) is 0 Å². The van der Waals surface area contributed by atoms with Gasteiger partial charge in [-0.25, -0.2) is 8.78 Å². The predicted molar refractivity (Wildman–Crippen MR) is 71.0 cm³/mol. The summed E-state index contributed by atoms with van der Waals surface area (Å²) in [5.41, 5.74) is 4.68. The zero-order valence-electron chi connectivity index (χ0n) is 11.4. The highest BCUT2D eigenvalue weighted by Crippen LogP contribution is 2.18. The number of likely N-dealkylation sites (N-methyl/N-ethyl adjacent to an activating group) is 1. The van der Waals surface area contributed by atoms with Gasteiger partial charge in [0.25, 0.3) is 5.91 Å². The van der Waals surface area contributed by atoms with E-state index >= 15 is 0 Å². The molecule has 0 radical (unpaired) electrons. The number of rotatable bonds is 5. The van der Waals surface area contributed by atoms with E-state index < -0.39 is 17.5 Å². The number of nitrogens with one attached hydrogen (secondary N) is 1. The van der Waals surface area contributed by atoms with E-state index in [1.807, 2.05) is 6.92 Å². The van der Waals surface area contributed by atoms with E-state index in [1.54, 1.807) is 0 Å². The molecule has 0 spiro atoms. The summed E-state index contributed by atoms with van der Waals surface area (Å²) >= 11 is 0. The standard InChI is InChI=1S/C13H17F2N3O2/c1-3-4-18(7-12(19)17-2)13(20)8-5-11(16)10(15)6-9(8)14/h5-6H,3-4,7,16H2,1-2H3,(H,17,19). The fraction of sp³-hybridized carbons (Fsp3) is 0.385. The van der Waals surface area contributed by atoms with Gasteiger partial charge in [-0.3, -0.25) is 9.59 Å². The van der Waals surface area contributed by atoms with Crippen molar-refractivity contribution >= 4 is 17.5 Å². The summed E-state index contributed by atoms with van der Waals surface area (Å²) < 4.78 is 26.7. The van der Waals surface area contributed by atoms with Crippen LogP contribution in [0, 0.1) is 11.6 Å². The van der Waals surface area contributed by atoms with Crippen molar-refractivity contribution in [3.05, 3.63) is 29.3 Å². The Labute approximate surface area is 115 Å². The lowest BCUT2D eigenvalue weighted by Gasteiger charge is -2.21. The normalized spacial score (nSPS) is 10.2. The van der Waals surface area contributed by atoms with Crippen LogP contribution in [0.25, 0.3) is 0 Å². The number of nitrogen functional groups attached to an aromatic ring is 1. The van der Waals surface area contributed by atoms with Crippen molar-refractivity contribution in [2.75, 3.05) is 25.9 Å². The van der Waals surface area contributed by atoms with Crippen molar-refractivity contribution in [1.82, 2.24) is 10.2 Å². The first-order chi connectivity index (χ1) is 9.40. The Bertz CT molecular complexity index is 521. The number of halogens is 2. The Morgan fingerprint density at radius 1 is 1.30 bits per heavy atom. The minimum absolute atomic E-state index is 0.195. The number of nitrogens with zero attached hydrogens (tertiary/aromatic N) is 1. The third kappa shape index (κ3) is 3.66. The average Bonchev–Trinajstić information content (AvgIpc) is 2.41. The Kier molecular flexibility index (Phi) is 5.42. The number of hydrogen-bond donors (Lipinski definition) is 2. The van der Waals surface area contributed by atoms with Crippen LogP contribution >= 0.6 is 0 Å². The number of carbonyl (C=O) groups excluding carboxylic acids is 2. The lowest BCUT2D eigenvalue weighted by molar-refractivity contribution is -0.121. The zero-order valence-corrected chi connectivity index (χ0v) is 11.4. The van der Waals surface area contributed by atoms with Gasteiger partial charge in [-0.2, -0.15) is 0 Å². The predicted octanol–water partition coefficient (Wildman–Crippen LogP) is 1.15. The van der Waals surface area contributed by atoms with E-state index in [4.69, 9.17) is 5.73 Å². The second kappa shape index (κ2) is 6.83. The molecule has 0 unspecified atom stereocenters.